The number of hydrogen-bond acceptors (Lipinski definition) is 5. The first-order valence-electron chi connectivity index (χ1n) is 11.1. The van der Waals surface area contributed by atoms with Gasteiger partial charge in [-0.3, -0.25) is 24.5 Å². The van der Waals surface area contributed by atoms with Crippen molar-refractivity contribution in [3.8, 4) is 0 Å². The van der Waals surface area contributed by atoms with Crippen LogP contribution in [-0.2, 0) is 0 Å². The van der Waals surface area contributed by atoms with Crippen LogP contribution in [0.4, 0.5) is 0 Å². The highest BCUT2D eigenvalue weighted by atomic mass is 79.9. The third-order valence-electron chi connectivity index (χ3n) is 6.12. The van der Waals surface area contributed by atoms with Gasteiger partial charge in [-0.1, -0.05) is 63.9 Å². The number of likely N-dealkylation sites (tertiary alicyclic amines) is 1. The summed E-state index contributed by atoms with van der Waals surface area (Å²) in [6.45, 7) is 0.833. The number of aromatic nitrogens is 3. The van der Waals surface area contributed by atoms with Crippen molar-refractivity contribution in [2.75, 3.05) is 13.1 Å². The molecule has 3 heterocycles. The van der Waals surface area contributed by atoms with Crippen LogP contribution >= 0.6 is 27.5 Å². The van der Waals surface area contributed by atoms with Gasteiger partial charge in [-0.05, 0) is 29.8 Å². The van der Waals surface area contributed by atoms with Crippen LogP contribution in [-0.4, -0.2) is 55.6 Å². The van der Waals surface area contributed by atoms with Gasteiger partial charge >= 0.3 is 0 Å². The lowest BCUT2D eigenvalue weighted by molar-refractivity contribution is 0.0681. The summed E-state index contributed by atoms with van der Waals surface area (Å²) in [5, 5.41) is 3.52. The van der Waals surface area contributed by atoms with E-state index in [4.69, 9.17) is 11.6 Å². The fraction of sp³-hybridized carbons (Fsp3) is 0.192. The number of hydrogen-bond donors (Lipinski definition) is 1. The molecule has 0 bridgehead atoms. The van der Waals surface area contributed by atoms with Crippen molar-refractivity contribution in [1.82, 2.24) is 25.2 Å². The quantitative estimate of drug-likeness (QED) is 0.379. The minimum Gasteiger partial charge on any atom is -0.346 e. The van der Waals surface area contributed by atoms with Crippen LogP contribution in [0.25, 0.3) is 11.0 Å². The normalized spacial score (nSPS) is 19.9. The van der Waals surface area contributed by atoms with Crippen LogP contribution in [0.3, 0.4) is 0 Å². The Bertz CT molecular complexity index is 1370. The van der Waals surface area contributed by atoms with E-state index in [-0.39, 0.29) is 28.6 Å². The van der Waals surface area contributed by atoms with E-state index in [0.717, 1.165) is 5.56 Å². The number of benzene rings is 2. The second kappa shape index (κ2) is 10.1. The molecule has 176 valence electrons. The summed E-state index contributed by atoms with van der Waals surface area (Å²) in [6, 6.07) is 18.2. The number of fused-ring (bicyclic) bond motifs is 1. The lowest BCUT2D eigenvalue weighted by Gasteiger charge is -2.42. The minimum atomic E-state index is -0.249. The Morgan fingerprint density at radius 3 is 2.49 bits per heavy atom. The lowest BCUT2D eigenvalue weighted by Crippen LogP contribution is -2.57. The summed E-state index contributed by atoms with van der Waals surface area (Å²) in [7, 11) is 0. The Labute approximate surface area is 215 Å². The lowest BCUT2D eigenvalue weighted by atomic mass is 9.85. The van der Waals surface area contributed by atoms with Gasteiger partial charge in [0.2, 0.25) is 0 Å². The first-order chi connectivity index (χ1) is 17.0. The van der Waals surface area contributed by atoms with Crippen molar-refractivity contribution in [2.24, 2.45) is 0 Å². The summed E-state index contributed by atoms with van der Waals surface area (Å²) in [5.41, 5.74) is 2.95. The molecule has 0 radical (unpaired) electrons. The summed E-state index contributed by atoms with van der Waals surface area (Å²) < 4.78 is 0. The van der Waals surface area contributed by atoms with Gasteiger partial charge < -0.3 is 10.2 Å². The molecule has 1 aliphatic heterocycles. The predicted molar refractivity (Wildman–Crippen MR) is 138 cm³/mol. The molecule has 1 aliphatic rings. The fourth-order valence-corrected chi connectivity index (χ4v) is 5.55. The minimum absolute atomic E-state index is 0.137. The van der Waals surface area contributed by atoms with Crippen LogP contribution in [0.5, 0.6) is 0 Å². The fourth-order valence-electron chi connectivity index (χ4n) is 4.43. The number of nitrogens with zero attached hydrogens (tertiary/aromatic N) is 4. The molecular formula is C26H21BrClN5O2. The van der Waals surface area contributed by atoms with Gasteiger partial charge in [-0.15, -0.1) is 0 Å². The molecule has 0 aliphatic carbocycles. The summed E-state index contributed by atoms with van der Waals surface area (Å²) in [4.78, 5) is 40.8. The maximum Gasteiger partial charge on any atom is 0.270 e. The van der Waals surface area contributed by atoms with Crippen molar-refractivity contribution >= 4 is 50.4 Å². The van der Waals surface area contributed by atoms with Gasteiger partial charge in [0, 0.05) is 43.2 Å². The second-order valence-electron chi connectivity index (χ2n) is 8.34. The maximum atomic E-state index is 13.6. The predicted octanol–water partition coefficient (Wildman–Crippen LogP) is 4.48. The number of rotatable bonds is 4. The number of carbonyl (C=O) groups excluding carboxylic acids is 2. The standard InChI is InChI=1S/C26H21BrClN5O2/c27-19-15-33(26(35)17-12-20(28)24-22(13-17)30-10-11-31-24)14-18(16-6-2-1-3-7-16)23(19)32-25(34)21-8-4-5-9-29-21/h1-13,18-19,23H,14-15H2,(H,32,34)/t18-,19?,23-/m1/s1. The van der Waals surface area contributed by atoms with E-state index in [1.165, 1.54) is 0 Å². The zero-order chi connectivity index (χ0) is 24.4. The largest absolute Gasteiger partial charge is 0.346 e. The second-order valence-corrected chi connectivity index (χ2v) is 9.92. The molecular weight excluding hydrogens is 530 g/mol. The summed E-state index contributed by atoms with van der Waals surface area (Å²) >= 11 is 10.2. The van der Waals surface area contributed by atoms with Crippen LogP contribution in [0.15, 0.2) is 79.3 Å². The Kier molecular flexibility index (Phi) is 6.74. The molecule has 7 nitrogen and oxygen atoms in total. The van der Waals surface area contributed by atoms with Crippen molar-refractivity contribution < 1.29 is 9.59 Å². The van der Waals surface area contributed by atoms with E-state index >= 15 is 0 Å². The SMILES string of the molecule is O=C(N[C@H]1C(Br)CN(C(=O)c2cc(Cl)c3nccnc3c2)C[C@@H]1c1ccccc1)c1ccccn1. The maximum absolute atomic E-state index is 13.6. The van der Waals surface area contributed by atoms with Crippen LogP contribution in [0.1, 0.15) is 32.3 Å². The van der Waals surface area contributed by atoms with Crippen LogP contribution < -0.4 is 5.32 Å². The third kappa shape index (κ3) is 4.90. The van der Waals surface area contributed by atoms with Gasteiger partial charge in [-0.25, -0.2) is 0 Å². The number of halogens is 2. The Hall–Kier alpha value is -3.36. The van der Waals surface area contributed by atoms with Crippen LogP contribution in [0.2, 0.25) is 5.02 Å². The monoisotopic (exact) mass is 549 g/mol. The van der Waals surface area contributed by atoms with E-state index in [0.29, 0.717) is 40.4 Å². The van der Waals surface area contributed by atoms with Crippen molar-refractivity contribution in [3.05, 3.63) is 101 Å². The van der Waals surface area contributed by atoms with Gasteiger partial charge in [0.1, 0.15) is 11.2 Å². The molecule has 0 spiro atoms. The molecule has 4 aromatic rings. The van der Waals surface area contributed by atoms with Crippen molar-refractivity contribution in [1.29, 1.82) is 0 Å². The van der Waals surface area contributed by atoms with Gasteiger partial charge in [0.05, 0.1) is 21.4 Å². The molecule has 1 N–H and O–H groups in total. The van der Waals surface area contributed by atoms with Crippen molar-refractivity contribution in [3.63, 3.8) is 0 Å². The molecule has 35 heavy (non-hydrogen) atoms. The first kappa shape index (κ1) is 23.4. The molecule has 1 saturated heterocycles. The van der Waals surface area contributed by atoms with Crippen molar-refractivity contribution in [2.45, 2.75) is 16.8 Å². The van der Waals surface area contributed by atoms with Gasteiger partial charge in [-0.2, -0.15) is 0 Å². The molecule has 2 aromatic carbocycles. The molecule has 2 aromatic heterocycles. The zero-order valence-corrected chi connectivity index (χ0v) is 20.9. The number of amides is 2. The molecule has 2 amide bonds. The number of piperidine rings is 1. The summed E-state index contributed by atoms with van der Waals surface area (Å²) in [5.74, 6) is -0.540. The average Bonchev–Trinajstić information content (AvgIpc) is 2.90. The summed E-state index contributed by atoms with van der Waals surface area (Å²) in [6.07, 6.45) is 4.73. The highest BCUT2D eigenvalue weighted by Crippen LogP contribution is 2.33. The number of nitrogens with one attached hydrogen (secondary N) is 1. The molecule has 3 atom stereocenters. The molecule has 9 heteroatoms. The Balaban J connectivity index is 1.44. The highest BCUT2D eigenvalue weighted by Gasteiger charge is 2.39. The van der Waals surface area contributed by atoms with Crippen LogP contribution in [0, 0.1) is 0 Å². The molecule has 1 unspecified atom stereocenters. The number of carbonyl (C=O) groups is 2. The Morgan fingerprint density at radius 2 is 1.71 bits per heavy atom. The number of alkyl halides is 1. The first-order valence-corrected chi connectivity index (χ1v) is 12.4. The van der Waals surface area contributed by atoms with Gasteiger partial charge in [0.25, 0.3) is 11.8 Å². The van der Waals surface area contributed by atoms with E-state index < -0.39 is 0 Å². The smallest absolute Gasteiger partial charge is 0.270 e. The molecule has 0 saturated carbocycles. The average molecular weight is 551 g/mol. The molecule has 1 fully saturated rings. The van der Waals surface area contributed by atoms with Gasteiger partial charge in [0.15, 0.2) is 0 Å². The highest BCUT2D eigenvalue weighted by molar-refractivity contribution is 9.09. The molecule has 5 rings (SSSR count). The Morgan fingerprint density at radius 1 is 0.943 bits per heavy atom. The third-order valence-corrected chi connectivity index (χ3v) is 7.27. The van der Waals surface area contributed by atoms with E-state index in [1.54, 1.807) is 53.8 Å². The topological polar surface area (TPSA) is 88.1 Å². The zero-order valence-electron chi connectivity index (χ0n) is 18.5. The van der Waals surface area contributed by atoms with E-state index in [2.05, 4.69) is 36.2 Å². The number of pyridine rings is 1. The van der Waals surface area contributed by atoms with E-state index in [9.17, 15) is 9.59 Å². The van der Waals surface area contributed by atoms with E-state index in [1.807, 2.05) is 30.3 Å².